The number of Topliss-reactive ketones (excluding diaryl/α,β-unsaturated/α-hetero) is 2. The van der Waals surface area contributed by atoms with Gasteiger partial charge in [0.15, 0.2) is 11.6 Å². The van der Waals surface area contributed by atoms with E-state index in [1.54, 1.807) is 6.08 Å². The van der Waals surface area contributed by atoms with Gasteiger partial charge >= 0.3 is 0 Å². The molecule has 5 rings (SSSR count). The maximum absolute atomic E-state index is 13.5. The standard InChI is InChI=1S/C31H44N2O7/c1-29-12-10-20(35)15-18(29)6-8-21-22-11-13-31(40,30(22,2)17-24(36)27(21)29)25(37)16-19(34)7-9-26(38)33-23-5-3-4-14-32-28(23)39/h15,21-24,27,36,40H,3-14,16-17H2,1-2H3,(H,32,39)(H,33,38)/t21-,22+,23-,24+,27+,29+,30+,31+/m1/s1. The quantitative estimate of drug-likeness (QED) is 0.352. The molecule has 220 valence electrons. The molecule has 0 bridgehead atoms. The van der Waals surface area contributed by atoms with Crippen molar-refractivity contribution >= 4 is 29.2 Å². The second-order valence-electron chi connectivity index (χ2n) is 13.5. The molecule has 2 amide bonds. The van der Waals surface area contributed by atoms with Crippen LogP contribution in [-0.4, -0.2) is 63.7 Å². The van der Waals surface area contributed by atoms with Crippen molar-refractivity contribution in [3.05, 3.63) is 11.6 Å². The number of aliphatic hydroxyl groups is 2. The lowest BCUT2D eigenvalue weighted by molar-refractivity contribution is -0.180. The Bertz CT molecular complexity index is 1130. The first-order valence-electron chi connectivity index (χ1n) is 15.2. The first-order chi connectivity index (χ1) is 18.9. The van der Waals surface area contributed by atoms with Crippen molar-refractivity contribution < 1.29 is 34.2 Å². The molecule has 0 aromatic rings. The summed E-state index contributed by atoms with van der Waals surface area (Å²) in [6, 6.07) is -0.605. The van der Waals surface area contributed by atoms with E-state index in [0.717, 1.165) is 37.7 Å². The van der Waals surface area contributed by atoms with Crippen LogP contribution in [-0.2, 0) is 24.0 Å². The van der Waals surface area contributed by atoms with Crippen LogP contribution in [0, 0.1) is 28.6 Å². The Morgan fingerprint density at radius 2 is 1.82 bits per heavy atom. The highest BCUT2D eigenvalue weighted by molar-refractivity contribution is 6.04. The Balaban J connectivity index is 1.22. The number of carbonyl (C=O) groups is 5. The van der Waals surface area contributed by atoms with Gasteiger partial charge in [-0.25, -0.2) is 0 Å². The summed E-state index contributed by atoms with van der Waals surface area (Å²) in [7, 11) is 0. The van der Waals surface area contributed by atoms with Gasteiger partial charge in [0.05, 0.1) is 12.5 Å². The number of allylic oxidation sites excluding steroid dienone is 1. The zero-order chi connectivity index (χ0) is 28.9. The van der Waals surface area contributed by atoms with E-state index in [2.05, 4.69) is 17.6 Å². The topological polar surface area (TPSA) is 150 Å². The number of nitrogens with one attached hydrogen (secondary N) is 2. The van der Waals surface area contributed by atoms with E-state index in [4.69, 9.17) is 0 Å². The van der Waals surface area contributed by atoms with Crippen molar-refractivity contribution in [2.24, 2.45) is 28.6 Å². The molecule has 40 heavy (non-hydrogen) atoms. The average Bonchev–Trinajstić information content (AvgIpc) is 3.02. The number of hydrogen-bond donors (Lipinski definition) is 4. The fourth-order valence-electron chi connectivity index (χ4n) is 9.16. The number of rotatable bonds is 7. The molecule has 1 heterocycles. The predicted octanol–water partition coefficient (Wildman–Crippen LogP) is 2.31. The molecule has 3 saturated carbocycles. The first-order valence-corrected chi connectivity index (χ1v) is 15.2. The fraction of sp³-hybridized carbons (Fsp3) is 0.774. The molecule has 9 nitrogen and oxygen atoms in total. The average molecular weight is 557 g/mol. The van der Waals surface area contributed by atoms with Crippen molar-refractivity contribution in [1.82, 2.24) is 10.6 Å². The number of carbonyl (C=O) groups excluding carboxylic acids is 5. The molecule has 4 fully saturated rings. The number of fused-ring (bicyclic) bond motifs is 5. The number of hydrogen-bond acceptors (Lipinski definition) is 7. The molecular weight excluding hydrogens is 512 g/mol. The third-order valence-corrected chi connectivity index (χ3v) is 11.4. The van der Waals surface area contributed by atoms with Crippen LogP contribution in [0.15, 0.2) is 11.6 Å². The van der Waals surface area contributed by atoms with E-state index >= 15 is 0 Å². The zero-order valence-electron chi connectivity index (χ0n) is 23.8. The Labute approximate surface area is 235 Å². The molecule has 1 saturated heterocycles. The van der Waals surface area contributed by atoms with E-state index in [9.17, 15) is 34.2 Å². The van der Waals surface area contributed by atoms with Gasteiger partial charge in [0, 0.05) is 31.2 Å². The maximum atomic E-state index is 13.5. The zero-order valence-corrected chi connectivity index (χ0v) is 23.8. The summed E-state index contributed by atoms with van der Waals surface area (Å²) in [4.78, 5) is 62.9. The van der Waals surface area contributed by atoms with Crippen LogP contribution in [0.2, 0.25) is 0 Å². The molecule has 1 aliphatic heterocycles. The lowest BCUT2D eigenvalue weighted by Gasteiger charge is -2.60. The van der Waals surface area contributed by atoms with Crippen molar-refractivity contribution in [3.8, 4) is 0 Å². The fourth-order valence-corrected chi connectivity index (χ4v) is 9.16. The summed E-state index contributed by atoms with van der Waals surface area (Å²) in [5.74, 6) is -1.25. The normalized spacial score (nSPS) is 41.0. The number of amides is 2. The summed E-state index contributed by atoms with van der Waals surface area (Å²) in [5, 5.41) is 28.8. The van der Waals surface area contributed by atoms with Crippen molar-refractivity contribution in [1.29, 1.82) is 0 Å². The molecule has 0 spiro atoms. The Kier molecular flexibility index (Phi) is 7.85. The Hall–Kier alpha value is -2.39. The van der Waals surface area contributed by atoms with Gasteiger partial charge in [-0.1, -0.05) is 19.4 Å². The van der Waals surface area contributed by atoms with E-state index < -0.39 is 47.1 Å². The van der Waals surface area contributed by atoms with Gasteiger partial charge in [-0.05, 0) is 87.0 Å². The molecule has 5 aliphatic rings. The Morgan fingerprint density at radius 3 is 2.60 bits per heavy atom. The molecule has 0 aromatic carbocycles. The van der Waals surface area contributed by atoms with E-state index in [-0.39, 0.29) is 60.5 Å². The van der Waals surface area contributed by atoms with Crippen LogP contribution in [0.4, 0.5) is 0 Å². The van der Waals surface area contributed by atoms with Crippen molar-refractivity contribution in [3.63, 3.8) is 0 Å². The summed E-state index contributed by atoms with van der Waals surface area (Å²) in [6.45, 7) is 4.65. The summed E-state index contributed by atoms with van der Waals surface area (Å²) in [5.41, 5.74) is -1.68. The van der Waals surface area contributed by atoms with Gasteiger partial charge in [-0.2, -0.15) is 0 Å². The summed E-state index contributed by atoms with van der Waals surface area (Å²) >= 11 is 0. The highest BCUT2D eigenvalue weighted by Gasteiger charge is 2.68. The lowest BCUT2D eigenvalue weighted by atomic mass is 9.45. The number of ketones is 3. The smallest absolute Gasteiger partial charge is 0.242 e. The van der Waals surface area contributed by atoms with Crippen LogP contribution in [0.1, 0.15) is 97.3 Å². The van der Waals surface area contributed by atoms with Crippen LogP contribution in [0.3, 0.4) is 0 Å². The molecule has 4 N–H and O–H groups in total. The second-order valence-corrected chi connectivity index (χ2v) is 13.5. The Morgan fingerprint density at radius 1 is 1.05 bits per heavy atom. The largest absolute Gasteiger partial charge is 0.393 e. The predicted molar refractivity (Wildman–Crippen MR) is 146 cm³/mol. The molecule has 9 heteroatoms. The number of aliphatic hydroxyl groups excluding tert-OH is 1. The van der Waals surface area contributed by atoms with Crippen LogP contribution < -0.4 is 10.6 Å². The molecule has 0 aromatic heterocycles. The van der Waals surface area contributed by atoms with Crippen molar-refractivity contribution in [2.75, 3.05) is 6.54 Å². The third kappa shape index (κ3) is 4.87. The van der Waals surface area contributed by atoms with Crippen LogP contribution in [0.5, 0.6) is 0 Å². The highest BCUT2D eigenvalue weighted by atomic mass is 16.3. The summed E-state index contributed by atoms with van der Waals surface area (Å²) in [6.07, 6.45) is 6.58. The SMILES string of the molecule is C[C@]12CCC(=O)C=C1CC[C@H]1[C@H]2[C@@H](O)C[C@@]2(C)[C@H]1CC[C@]2(O)C(=O)CC(=O)CCC(=O)N[C@@H]1CCCCNC1=O. The van der Waals surface area contributed by atoms with E-state index in [0.29, 0.717) is 25.8 Å². The van der Waals surface area contributed by atoms with E-state index in [1.165, 1.54) is 0 Å². The molecular formula is C31H44N2O7. The molecule has 0 unspecified atom stereocenters. The molecule has 4 aliphatic carbocycles. The van der Waals surface area contributed by atoms with Crippen molar-refractivity contribution in [2.45, 2.75) is 115 Å². The summed E-state index contributed by atoms with van der Waals surface area (Å²) < 4.78 is 0. The monoisotopic (exact) mass is 556 g/mol. The highest BCUT2D eigenvalue weighted by Crippen LogP contribution is 2.67. The van der Waals surface area contributed by atoms with Gasteiger partial charge in [-0.3, -0.25) is 24.0 Å². The van der Waals surface area contributed by atoms with Crippen LogP contribution >= 0.6 is 0 Å². The minimum absolute atomic E-state index is 0.0215. The van der Waals surface area contributed by atoms with Gasteiger partial charge in [-0.15, -0.1) is 0 Å². The first kappa shape index (κ1) is 29.1. The van der Waals surface area contributed by atoms with E-state index in [1.807, 2.05) is 6.92 Å². The minimum atomic E-state index is -1.71. The van der Waals surface area contributed by atoms with Gasteiger partial charge in [0.25, 0.3) is 0 Å². The maximum Gasteiger partial charge on any atom is 0.242 e. The lowest BCUT2D eigenvalue weighted by Crippen LogP contribution is -2.61. The third-order valence-electron chi connectivity index (χ3n) is 11.4. The minimum Gasteiger partial charge on any atom is -0.393 e. The second kappa shape index (κ2) is 10.8. The van der Waals surface area contributed by atoms with Gasteiger partial charge in [0.1, 0.15) is 17.4 Å². The van der Waals surface area contributed by atoms with Gasteiger partial charge < -0.3 is 20.8 Å². The molecule has 8 atom stereocenters. The van der Waals surface area contributed by atoms with Crippen LogP contribution in [0.25, 0.3) is 0 Å². The van der Waals surface area contributed by atoms with Gasteiger partial charge in [0.2, 0.25) is 11.8 Å². The molecule has 0 radical (unpaired) electrons.